The molecule has 190 valence electrons. The van der Waals surface area contributed by atoms with Gasteiger partial charge in [0.1, 0.15) is 0 Å². The summed E-state index contributed by atoms with van der Waals surface area (Å²) < 4.78 is 10.6. The Balaban J connectivity index is 3.12. The van der Waals surface area contributed by atoms with Gasteiger partial charge >= 0.3 is 5.97 Å². The summed E-state index contributed by atoms with van der Waals surface area (Å²) in [6, 6.07) is 0. The number of unbranched alkanes of at least 4 members (excludes halogenated alkanes) is 15. The summed E-state index contributed by atoms with van der Waals surface area (Å²) >= 11 is 0. The van der Waals surface area contributed by atoms with E-state index in [1.807, 2.05) is 6.92 Å². The first-order valence-electron chi connectivity index (χ1n) is 13.3. The SMILES string of the molecule is CCOCCOCCNC(=O)CCCCCCCCCCCCCCCCCCC(=O)O. The molecule has 0 aromatic carbocycles. The number of aliphatic carboxylic acids is 1. The van der Waals surface area contributed by atoms with Gasteiger partial charge in [0.25, 0.3) is 0 Å². The zero-order chi connectivity index (χ0) is 23.5. The van der Waals surface area contributed by atoms with Gasteiger partial charge < -0.3 is 19.9 Å². The van der Waals surface area contributed by atoms with E-state index in [9.17, 15) is 9.59 Å². The zero-order valence-corrected chi connectivity index (χ0v) is 20.8. The lowest BCUT2D eigenvalue weighted by molar-refractivity contribution is -0.137. The summed E-state index contributed by atoms with van der Waals surface area (Å²) in [4.78, 5) is 22.2. The molecule has 1 amide bonds. The maximum atomic E-state index is 11.8. The molecule has 0 unspecified atom stereocenters. The van der Waals surface area contributed by atoms with Crippen LogP contribution >= 0.6 is 0 Å². The molecule has 0 saturated carbocycles. The molecule has 0 bridgehead atoms. The number of hydrogen-bond acceptors (Lipinski definition) is 4. The number of hydrogen-bond donors (Lipinski definition) is 2. The highest BCUT2D eigenvalue weighted by Gasteiger charge is 2.01. The van der Waals surface area contributed by atoms with Crippen LogP contribution in [0.5, 0.6) is 0 Å². The van der Waals surface area contributed by atoms with E-state index in [0.717, 1.165) is 25.7 Å². The van der Waals surface area contributed by atoms with Crippen LogP contribution in [0.25, 0.3) is 0 Å². The molecular formula is C26H51NO5. The average Bonchev–Trinajstić information content (AvgIpc) is 2.77. The molecule has 32 heavy (non-hydrogen) atoms. The third-order valence-corrected chi connectivity index (χ3v) is 5.69. The van der Waals surface area contributed by atoms with Crippen molar-refractivity contribution in [2.45, 2.75) is 122 Å². The number of carbonyl (C=O) groups excluding carboxylic acids is 1. The van der Waals surface area contributed by atoms with Crippen LogP contribution in [-0.2, 0) is 19.1 Å². The molecule has 0 aliphatic carbocycles. The van der Waals surface area contributed by atoms with Crippen LogP contribution in [0.3, 0.4) is 0 Å². The van der Waals surface area contributed by atoms with Crippen molar-refractivity contribution in [2.75, 3.05) is 33.0 Å². The molecule has 0 aromatic heterocycles. The minimum Gasteiger partial charge on any atom is -0.481 e. The molecule has 0 rings (SSSR count). The quantitative estimate of drug-likeness (QED) is 0.150. The fourth-order valence-electron chi connectivity index (χ4n) is 3.75. The minimum atomic E-state index is -0.670. The fraction of sp³-hybridized carbons (Fsp3) is 0.923. The van der Waals surface area contributed by atoms with E-state index in [1.54, 1.807) is 0 Å². The number of ether oxygens (including phenoxy) is 2. The van der Waals surface area contributed by atoms with E-state index in [0.29, 0.717) is 45.8 Å². The van der Waals surface area contributed by atoms with Crippen molar-refractivity contribution < 1.29 is 24.2 Å². The second kappa shape index (κ2) is 26.1. The maximum absolute atomic E-state index is 11.8. The molecule has 0 heterocycles. The molecule has 6 heteroatoms. The van der Waals surface area contributed by atoms with Crippen molar-refractivity contribution in [1.82, 2.24) is 5.32 Å². The van der Waals surface area contributed by atoms with Gasteiger partial charge in [0.05, 0.1) is 19.8 Å². The molecule has 0 fully saturated rings. The smallest absolute Gasteiger partial charge is 0.303 e. The van der Waals surface area contributed by atoms with Crippen LogP contribution in [0.1, 0.15) is 122 Å². The predicted molar refractivity (Wildman–Crippen MR) is 131 cm³/mol. The lowest BCUT2D eigenvalue weighted by Crippen LogP contribution is -2.27. The zero-order valence-electron chi connectivity index (χ0n) is 20.8. The van der Waals surface area contributed by atoms with E-state index in [-0.39, 0.29) is 5.91 Å². The second-order valence-electron chi connectivity index (χ2n) is 8.71. The molecule has 0 radical (unpaired) electrons. The van der Waals surface area contributed by atoms with Gasteiger partial charge in [0.2, 0.25) is 5.91 Å². The Morgan fingerprint density at radius 1 is 0.594 bits per heavy atom. The van der Waals surface area contributed by atoms with E-state index >= 15 is 0 Å². The monoisotopic (exact) mass is 457 g/mol. The molecule has 2 N–H and O–H groups in total. The highest BCUT2D eigenvalue weighted by atomic mass is 16.5. The Morgan fingerprint density at radius 3 is 1.44 bits per heavy atom. The summed E-state index contributed by atoms with van der Waals surface area (Å²) in [7, 11) is 0. The first kappa shape index (κ1) is 30.9. The maximum Gasteiger partial charge on any atom is 0.303 e. The average molecular weight is 458 g/mol. The lowest BCUT2D eigenvalue weighted by atomic mass is 10.0. The van der Waals surface area contributed by atoms with Gasteiger partial charge in [-0.3, -0.25) is 9.59 Å². The van der Waals surface area contributed by atoms with Gasteiger partial charge in [-0.25, -0.2) is 0 Å². The first-order valence-corrected chi connectivity index (χ1v) is 13.3. The number of carboxylic acids is 1. The van der Waals surface area contributed by atoms with Gasteiger partial charge in [-0.2, -0.15) is 0 Å². The Labute approximate surface area is 197 Å². The largest absolute Gasteiger partial charge is 0.481 e. The van der Waals surface area contributed by atoms with Crippen molar-refractivity contribution in [3.8, 4) is 0 Å². The van der Waals surface area contributed by atoms with Crippen molar-refractivity contribution in [3.05, 3.63) is 0 Å². The summed E-state index contributed by atoms with van der Waals surface area (Å²) in [6.45, 7) is 5.01. The Morgan fingerprint density at radius 2 is 1.00 bits per heavy atom. The van der Waals surface area contributed by atoms with Crippen LogP contribution in [0, 0.1) is 0 Å². The molecule has 0 spiro atoms. The standard InChI is InChI=1S/C26H51NO5/c1-2-31-23-24-32-22-21-27-25(28)19-17-15-13-11-9-7-5-3-4-6-8-10-12-14-16-18-20-26(29)30/h2-24H2,1H3,(H,27,28)(H,29,30). The van der Waals surface area contributed by atoms with Gasteiger partial charge in [-0.05, 0) is 19.8 Å². The second-order valence-corrected chi connectivity index (χ2v) is 8.71. The van der Waals surface area contributed by atoms with Crippen LogP contribution < -0.4 is 5.32 Å². The third kappa shape index (κ3) is 26.9. The number of carboxylic acid groups (broad SMARTS) is 1. The fourth-order valence-corrected chi connectivity index (χ4v) is 3.75. The summed E-state index contributed by atoms with van der Waals surface area (Å²) in [6.07, 6.45) is 20.6. The summed E-state index contributed by atoms with van der Waals surface area (Å²) in [5, 5.41) is 11.5. The Kier molecular flexibility index (Phi) is 25.2. The van der Waals surface area contributed by atoms with Gasteiger partial charge in [-0.15, -0.1) is 0 Å². The van der Waals surface area contributed by atoms with E-state index in [2.05, 4.69) is 5.32 Å². The van der Waals surface area contributed by atoms with E-state index in [1.165, 1.54) is 77.0 Å². The number of amides is 1. The highest BCUT2D eigenvalue weighted by molar-refractivity contribution is 5.75. The molecule has 0 aromatic rings. The van der Waals surface area contributed by atoms with Crippen molar-refractivity contribution in [2.24, 2.45) is 0 Å². The lowest BCUT2D eigenvalue weighted by Gasteiger charge is -2.07. The predicted octanol–water partition coefficient (Wildman–Crippen LogP) is 6.26. The highest BCUT2D eigenvalue weighted by Crippen LogP contribution is 2.14. The first-order chi connectivity index (χ1) is 15.7. The molecule has 0 aliphatic heterocycles. The van der Waals surface area contributed by atoms with Gasteiger partial charge in [0, 0.05) is 26.0 Å². The van der Waals surface area contributed by atoms with Gasteiger partial charge in [0.15, 0.2) is 0 Å². The Hall–Kier alpha value is -1.14. The summed E-state index contributed by atoms with van der Waals surface area (Å²) in [5.41, 5.74) is 0. The van der Waals surface area contributed by atoms with Crippen LogP contribution in [0.15, 0.2) is 0 Å². The number of carbonyl (C=O) groups is 2. The van der Waals surface area contributed by atoms with E-state index in [4.69, 9.17) is 14.6 Å². The van der Waals surface area contributed by atoms with Crippen LogP contribution in [0.2, 0.25) is 0 Å². The van der Waals surface area contributed by atoms with Crippen LogP contribution in [0.4, 0.5) is 0 Å². The molecular weight excluding hydrogens is 406 g/mol. The third-order valence-electron chi connectivity index (χ3n) is 5.69. The number of nitrogens with one attached hydrogen (secondary N) is 1. The molecule has 0 aliphatic rings. The van der Waals surface area contributed by atoms with Crippen molar-refractivity contribution >= 4 is 11.9 Å². The molecule has 0 saturated heterocycles. The number of rotatable bonds is 26. The van der Waals surface area contributed by atoms with Crippen molar-refractivity contribution in [3.63, 3.8) is 0 Å². The van der Waals surface area contributed by atoms with E-state index < -0.39 is 5.97 Å². The summed E-state index contributed by atoms with van der Waals surface area (Å²) in [5.74, 6) is -0.534. The minimum absolute atomic E-state index is 0.136. The van der Waals surface area contributed by atoms with Crippen molar-refractivity contribution in [1.29, 1.82) is 0 Å². The Bertz CT molecular complexity index is 417. The van der Waals surface area contributed by atoms with Crippen LogP contribution in [-0.4, -0.2) is 50.0 Å². The van der Waals surface area contributed by atoms with Gasteiger partial charge in [-0.1, -0.05) is 89.9 Å². The normalized spacial score (nSPS) is 11.0. The molecule has 0 atom stereocenters. The molecule has 6 nitrogen and oxygen atoms in total. The topological polar surface area (TPSA) is 84.9 Å².